The molecule has 5 rings (SSSR count). The number of nitrogens with zero attached hydrogens (tertiary/aromatic N) is 3. The smallest absolute Gasteiger partial charge is 0.410 e. The van der Waals surface area contributed by atoms with Gasteiger partial charge >= 0.3 is 12.1 Å². The van der Waals surface area contributed by atoms with Gasteiger partial charge in [0.1, 0.15) is 12.6 Å². The molecule has 1 saturated heterocycles. The third-order valence-electron chi connectivity index (χ3n) is 7.89. The Morgan fingerprint density at radius 3 is 2.39 bits per heavy atom. The number of piperidine rings is 1. The lowest BCUT2D eigenvalue weighted by Crippen LogP contribution is -2.40. The zero-order valence-corrected chi connectivity index (χ0v) is 24.0. The number of benzene rings is 3. The number of aliphatic carboxylic acids is 1. The van der Waals surface area contributed by atoms with E-state index in [2.05, 4.69) is 0 Å². The highest BCUT2D eigenvalue weighted by Crippen LogP contribution is 2.26. The van der Waals surface area contributed by atoms with Crippen LogP contribution in [0.5, 0.6) is 0 Å². The van der Waals surface area contributed by atoms with E-state index in [9.17, 15) is 29.5 Å². The van der Waals surface area contributed by atoms with Gasteiger partial charge in [-0.25, -0.2) is 4.79 Å². The van der Waals surface area contributed by atoms with Gasteiger partial charge in [-0.2, -0.15) is 5.06 Å². The Balaban J connectivity index is 1.20. The number of ether oxygens (including phenoxy) is 1. The van der Waals surface area contributed by atoms with Crippen LogP contribution >= 0.6 is 0 Å². The number of rotatable bonds is 9. The van der Waals surface area contributed by atoms with Gasteiger partial charge < -0.3 is 20.5 Å². The van der Waals surface area contributed by atoms with Gasteiger partial charge in [-0.3, -0.25) is 24.2 Å². The lowest BCUT2D eigenvalue weighted by atomic mass is 9.93. The number of nitrogens with two attached hydrogens (primary N) is 1. The van der Waals surface area contributed by atoms with E-state index in [1.54, 1.807) is 47.5 Å². The largest absolute Gasteiger partial charge is 0.480 e. The normalized spacial score (nSPS) is 14.3. The molecule has 2 amide bonds. The number of hydroxylamine groups is 1. The van der Waals surface area contributed by atoms with Crippen molar-refractivity contribution < 1.29 is 34.2 Å². The van der Waals surface area contributed by atoms with Gasteiger partial charge in [0.25, 0.3) is 11.8 Å². The predicted molar refractivity (Wildman–Crippen MR) is 162 cm³/mol. The molecule has 1 fully saturated rings. The summed E-state index contributed by atoms with van der Waals surface area (Å²) >= 11 is 0. The van der Waals surface area contributed by atoms with E-state index in [0.717, 1.165) is 5.56 Å². The molecule has 1 aliphatic rings. The summed E-state index contributed by atoms with van der Waals surface area (Å²) in [5.41, 5.74) is 8.24. The van der Waals surface area contributed by atoms with Crippen molar-refractivity contribution >= 4 is 40.5 Å². The third-order valence-corrected chi connectivity index (χ3v) is 7.89. The fourth-order valence-corrected chi connectivity index (χ4v) is 5.42. The van der Waals surface area contributed by atoms with Crippen LogP contribution in [0.15, 0.2) is 85.1 Å². The molecule has 0 spiro atoms. The summed E-state index contributed by atoms with van der Waals surface area (Å²) in [5, 5.41) is 21.3. The first-order valence-electron chi connectivity index (χ1n) is 14.4. The molecule has 228 valence electrons. The number of fused-ring (bicyclic) bond motifs is 1. The average Bonchev–Trinajstić information content (AvgIpc) is 3.41. The second-order valence-corrected chi connectivity index (χ2v) is 10.9. The maximum atomic E-state index is 13.6. The summed E-state index contributed by atoms with van der Waals surface area (Å²) in [6, 6.07) is 21.5. The van der Waals surface area contributed by atoms with E-state index in [4.69, 9.17) is 10.5 Å². The first kappa shape index (κ1) is 30.5. The Hall–Kier alpha value is -5.00. The van der Waals surface area contributed by atoms with Gasteiger partial charge in [0.05, 0.1) is 11.2 Å². The van der Waals surface area contributed by atoms with Crippen molar-refractivity contribution in [1.82, 2.24) is 9.47 Å². The number of aromatic nitrogens is 1. The molecule has 1 aromatic heterocycles. The number of carboxylic acids is 1. The van der Waals surface area contributed by atoms with Crippen LogP contribution in [-0.4, -0.2) is 62.8 Å². The molecular weight excluding hydrogens is 564 g/mol. The van der Waals surface area contributed by atoms with Crippen molar-refractivity contribution in [3.8, 4) is 0 Å². The van der Waals surface area contributed by atoms with Gasteiger partial charge in [0, 0.05) is 43.1 Å². The van der Waals surface area contributed by atoms with Gasteiger partial charge in [-0.15, -0.1) is 0 Å². The van der Waals surface area contributed by atoms with Crippen LogP contribution in [0, 0.1) is 5.92 Å². The Labute approximate surface area is 254 Å². The topological polar surface area (TPSA) is 155 Å². The zero-order chi connectivity index (χ0) is 31.2. The molecule has 0 aliphatic carbocycles. The van der Waals surface area contributed by atoms with Crippen molar-refractivity contribution in [2.24, 2.45) is 11.7 Å². The molecular formula is C33H34N4O7. The Morgan fingerprint density at radius 2 is 1.66 bits per heavy atom. The number of hydrogen-bond donors (Lipinski definition) is 3. The van der Waals surface area contributed by atoms with E-state index in [1.807, 2.05) is 30.3 Å². The van der Waals surface area contributed by atoms with E-state index in [1.165, 1.54) is 16.7 Å². The van der Waals surface area contributed by atoms with Crippen LogP contribution < -0.4 is 10.8 Å². The number of hydrogen-bond acceptors (Lipinski definition) is 7. The van der Waals surface area contributed by atoms with Crippen molar-refractivity contribution in [2.45, 2.75) is 38.3 Å². The van der Waals surface area contributed by atoms with Gasteiger partial charge in [-0.05, 0) is 54.2 Å². The average molecular weight is 599 g/mol. The van der Waals surface area contributed by atoms with Gasteiger partial charge in [-0.1, -0.05) is 54.6 Å². The molecule has 4 N–H and O–H groups in total. The molecule has 11 heteroatoms. The summed E-state index contributed by atoms with van der Waals surface area (Å²) in [5.74, 6) is -2.09. The van der Waals surface area contributed by atoms with Gasteiger partial charge in [0.15, 0.2) is 0 Å². The highest BCUT2D eigenvalue weighted by molar-refractivity contribution is 6.04. The summed E-state index contributed by atoms with van der Waals surface area (Å²) in [6.45, 7) is 1.09. The molecule has 0 radical (unpaired) electrons. The number of carbonyl (C=O) groups is 4. The molecule has 0 bridgehead atoms. The third kappa shape index (κ3) is 6.96. The predicted octanol–water partition coefficient (Wildman–Crippen LogP) is 4.45. The van der Waals surface area contributed by atoms with Crippen LogP contribution in [0.1, 0.15) is 40.7 Å². The molecule has 0 saturated carbocycles. The van der Waals surface area contributed by atoms with E-state index >= 15 is 0 Å². The first-order chi connectivity index (χ1) is 21.2. The number of likely N-dealkylation sites (tertiary alicyclic amines) is 1. The molecule has 0 unspecified atom stereocenters. The van der Waals surface area contributed by atoms with E-state index < -0.39 is 29.9 Å². The van der Waals surface area contributed by atoms with Crippen LogP contribution in [-0.2, 0) is 27.4 Å². The van der Waals surface area contributed by atoms with Crippen LogP contribution in [0.4, 0.5) is 10.5 Å². The lowest BCUT2D eigenvalue weighted by Gasteiger charge is -2.31. The molecule has 44 heavy (non-hydrogen) atoms. The van der Waals surface area contributed by atoms with Crippen molar-refractivity contribution in [3.05, 3.63) is 102 Å². The molecule has 4 aromatic rings. The minimum atomic E-state index is -1.14. The molecule has 2 heterocycles. The summed E-state index contributed by atoms with van der Waals surface area (Å²) in [7, 11) is 0. The van der Waals surface area contributed by atoms with Crippen LogP contribution in [0.25, 0.3) is 10.9 Å². The minimum absolute atomic E-state index is 0.0260. The minimum Gasteiger partial charge on any atom is -0.480 e. The SMILES string of the molecule is N[C@@H](Cc1cn(C(=O)c2cccc(N(O)C(=O)CC3CCN(C(=O)OCc4ccccc4)CC3)c2)c2ccccc12)C(=O)O. The van der Waals surface area contributed by atoms with Crippen LogP contribution in [0.3, 0.4) is 0 Å². The van der Waals surface area contributed by atoms with E-state index in [0.29, 0.717) is 47.5 Å². The number of amides is 2. The number of carboxylic acid groups (broad SMARTS) is 1. The summed E-state index contributed by atoms with van der Waals surface area (Å²) in [4.78, 5) is 52.0. The highest BCUT2D eigenvalue weighted by Gasteiger charge is 2.27. The highest BCUT2D eigenvalue weighted by atomic mass is 16.6. The van der Waals surface area contributed by atoms with Crippen LogP contribution in [0.2, 0.25) is 0 Å². The first-order valence-corrected chi connectivity index (χ1v) is 14.4. The maximum Gasteiger partial charge on any atom is 0.410 e. The Kier molecular flexibility index (Phi) is 9.37. The molecule has 3 aromatic carbocycles. The Bertz CT molecular complexity index is 1660. The standard InChI is InChI=1S/C33H34N4O7/c34-28(32(40)41)19-25-20-36(29-12-5-4-11-27(25)29)31(39)24-9-6-10-26(18-24)37(43)30(38)17-22-13-15-35(16-14-22)33(42)44-21-23-7-2-1-3-8-23/h1-12,18,20,22,28,43H,13-17,19,21,34H2,(H,40,41)/t28-/m0/s1. The van der Waals surface area contributed by atoms with Gasteiger partial charge in [0.2, 0.25) is 0 Å². The lowest BCUT2D eigenvalue weighted by molar-refractivity contribution is -0.138. The fraction of sp³-hybridized carbons (Fsp3) is 0.273. The quantitative estimate of drug-likeness (QED) is 0.189. The molecule has 11 nitrogen and oxygen atoms in total. The van der Waals surface area contributed by atoms with Crippen molar-refractivity contribution in [1.29, 1.82) is 0 Å². The van der Waals surface area contributed by atoms with E-state index in [-0.39, 0.29) is 36.6 Å². The second kappa shape index (κ2) is 13.5. The van der Waals surface area contributed by atoms with Crippen molar-refractivity contribution in [2.75, 3.05) is 18.2 Å². The fourth-order valence-electron chi connectivity index (χ4n) is 5.42. The summed E-state index contributed by atoms with van der Waals surface area (Å²) in [6.07, 6.45) is 2.49. The number of anilines is 1. The second-order valence-electron chi connectivity index (χ2n) is 10.9. The van der Waals surface area contributed by atoms with Crippen molar-refractivity contribution in [3.63, 3.8) is 0 Å². The monoisotopic (exact) mass is 598 g/mol. The summed E-state index contributed by atoms with van der Waals surface area (Å²) < 4.78 is 6.82. The Morgan fingerprint density at radius 1 is 0.955 bits per heavy atom. The maximum absolute atomic E-state index is 13.6. The molecule has 1 aliphatic heterocycles. The molecule has 1 atom stereocenters. The number of carbonyl (C=O) groups excluding carboxylic acids is 3. The number of para-hydroxylation sites is 1. The zero-order valence-electron chi connectivity index (χ0n) is 24.0.